The van der Waals surface area contributed by atoms with Gasteiger partial charge < -0.3 is 19.9 Å². The van der Waals surface area contributed by atoms with Gasteiger partial charge in [0.25, 0.3) is 0 Å². The lowest BCUT2D eigenvalue weighted by atomic mass is 10.2. The Morgan fingerprint density at radius 2 is 2.00 bits per heavy atom. The third-order valence-corrected chi connectivity index (χ3v) is 2.70. The first-order valence-corrected chi connectivity index (χ1v) is 6.77. The first-order valence-electron chi connectivity index (χ1n) is 6.77. The molecule has 0 saturated carbocycles. The minimum Gasteiger partial charge on any atom is -0.491 e. The van der Waals surface area contributed by atoms with Gasteiger partial charge in [0, 0.05) is 19.2 Å². The van der Waals surface area contributed by atoms with Crippen LogP contribution in [-0.4, -0.2) is 43.6 Å². The van der Waals surface area contributed by atoms with Gasteiger partial charge >= 0.3 is 0 Å². The first kappa shape index (κ1) is 16.4. The summed E-state index contributed by atoms with van der Waals surface area (Å²) in [6.07, 6.45) is -0.588. The van der Waals surface area contributed by atoms with Crippen LogP contribution in [0.15, 0.2) is 24.3 Å². The van der Waals surface area contributed by atoms with Crippen LogP contribution in [0.2, 0.25) is 0 Å². The molecule has 0 radical (unpaired) electrons. The number of aliphatic hydroxyl groups is 1. The van der Waals surface area contributed by atoms with Gasteiger partial charge in [0.1, 0.15) is 18.5 Å². The summed E-state index contributed by atoms with van der Waals surface area (Å²) in [6, 6.07) is 9.04. The molecule has 2 atom stereocenters. The molecule has 5 heteroatoms. The summed E-state index contributed by atoms with van der Waals surface area (Å²) in [4.78, 5) is 0. The molecule has 0 saturated heterocycles. The second-order valence-electron chi connectivity index (χ2n) is 4.57. The van der Waals surface area contributed by atoms with Crippen molar-refractivity contribution in [1.82, 2.24) is 5.32 Å². The normalized spacial score (nSPS) is 13.5. The zero-order valence-corrected chi connectivity index (χ0v) is 12.0. The molecule has 0 bridgehead atoms. The molecule has 0 aliphatic heterocycles. The van der Waals surface area contributed by atoms with Crippen molar-refractivity contribution in [2.24, 2.45) is 0 Å². The van der Waals surface area contributed by atoms with E-state index in [0.29, 0.717) is 31.1 Å². The van der Waals surface area contributed by atoms with Gasteiger partial charge in [-0.2, -0.15) is 5.26 Å². The Labute approximate surface area is 120 Å². The van der Waals surface area contributed by atoms with Crippen LogP contribution in [-0.2, 0) is 4.74 Å². The number of ether oxygens (including phenoxy) is 2. The van der Waals surface area contributed by atoms with Crippen LogP contribution in [0.1, 0.15) is 19.4 Å². The third kappa shape index (κ3) is 6.53. The van der Waals surface area contributed by atoms with Crippen molar-refractivity contribution in [3.8, 4) is 11.8 Å². The Kier molecular flexibility index (Phi) is 7.66. The summed E-state index contributed by atoms with van der Waals surface area (Å²) >= 11 is 0. The highest BCUT2D eigenvalue weighted by molar-refractivity contribution is 5.34. The highest BCUT2D eigenvalue weighted by atomic mass is 16.5. The molecule has 1 aromatic rings. The fraction of sp³-hybridized carbons (Fsp3) is 0.533. The fourth-order valence-corrected chi connectivity index (χ4v) is 1.57. The highest BCUT2D eigenvalue weighted by Gasteiger charge is 2.08. The number of rotatable bonds is 9. The van der Waals surface area contributed by atoms with E-state index in [4.69, 9.17) is 14.7 Å². The molecular formula is C15H22N2O3. The molecule has 1 rings (SSSR count). The number of aliphatic hydroxyl groups excluding tert-OH is 1. The lowest BCUT2D eigenvalue weighted by molar-refractivity contribution is 0.0907. The van der Waals surface area contributed by atoms with E-state index in [1.807, 2.05) is 19.9 Å². The quantitative estimate of drug-likeness (QED) is 0.712. The van der Waals surface area contributed by atoms with Crippen LogP contribution in [0.4, 0.5) is 0 Å². The van der Waals surface area contributed by atoms with E-state index in [0.717, 1.165) is 0 Å². The molecule has 5 nitrogen and oxygen atoms in total. The number of nitrogens with one attached hydrogen (secondary N) is 1. The van der Waals surface area contributed by atoms with E-state index >= 15 is 0 Å². The number of nitriles is 1. The van der Waals surface area contributed by atoms with Gasteiger partial charge in [-0.25, -0.2) is 0 Å². The van der Waals surface area contributed by atoms with Crippen molar-refractivity contribution < 1.29 is 14.6 Å². The summed E-state index contributed by atoms with van der Waals surface area (Å²) in [5.41, 5.74) is 0.587. The number of nitrogens with zero attached hydrogens (tertiary/aromatic N) is 1. The predicted molar refractivity (Wildman–Crippen MR) is 76.6 cm³/mol. The first-order chi connectivity index (χ1) is 9.65. The molecule has 0 spiro atoms. The van der Waals surface area contributed by atoms with Crippen LogP contribution >= 0.6 is 0 Å². The van der Waals surface area contributed by atoms with Gasteiger partial charge in [0.15, 0.2) is 0 Å². The van der Waals surface area contributed by atoms with Gasteiger partial charge in [0.05, 0.1) is 18.2 Å². The van der Waals surface area contributed by atoms with Gasteiger partial charge in [-0.05, 0) is 38.1 Å². The maximum Gasteiger partial charge on any atom is 0.119 e. The zero-order chi connectivity index (χ0) is 14.8. The molecule has 110 valence electrons. The average Bonchev–Trinajstić information content (AvgIpc) is 2.49. The second kappa shape index (κ2) is 9.32. The van der Waals surface area contributed by atoms with Gasteiger partial charge in [0.2, 0.25) is 0 Å². The van der Waals surface area contributed by atoms with Crippen molar-refractivity contribution in [1.29, 1.82) is 5.26 Å². The van der Waals surface area contributed by atoms with Gasteiger partial charge in [-0.1, -0.05) is 0 Å². The number of hydrogen-bond acceptors (Lipinski definition) is 5. The molecule has 20 heavy (non-hydrogen) atoms. The van der Waals surface area contributed by atoms with Crippen molar-refractivity contribution in [3.63, 3.8) is 0 Å². The number of hydrogen-bond donors (Lipinski definition) is 2. The summed E-state index contributed by atoms with van der Waals surface area (Å²) in [5.74, 6) is 0.644. The van der Waals surface area contributed by atoms with E-state index in [2.05, 4.69) is 5.32 Å². The average molecular weight is 278 g/mol. The molecular weight excluding hydrogens is 256 g/mol. The smallest absolute Gasteiger partial charge is 0.119 e. The van der Waals surface area contributed by atoms with E-state index in [9.17, 15) is 5.11 Å². The standard InChI is InChI=1S/C15H22N2O3/c1-3-19-10-12(2)17-9-14(18)11-20-15-6-4-13(8-16)5-7-15/h4-7,12,14,17-18H,3,9-11H2,1-2H3. The summed E-state index contributed by atoms with van der Waals surface area (Å²) < 4.78 is 10.7. The Balaban J connectivity index is 2.22. The molecule has 0 amide bonds. The van der Waals surface area contributed by atoms with Gasteiger partial charge in [-0.3, -0.25) is 0 Å². The van der Waals surface area contributed by atoms with Crippen molar-refractivity contribution in [2.45, 2.75) is 26.0 Å². The SMILES string of the molecule is CCOCC(C)NCC(O)COc1ccc(C#N)cc1. The Morgan fingerprint density at radius 3 is 2.60 bits per heavy atom. The Bertz CT molecular complexity index is 414. The second-order valence-corrected chi connectivity index (χ2v) is 4.57. The van der Waals surface area contributed by atoms with Crippen LogP contribution in [0.3, 0.4) is 0 Å². The predicted octanol–water partition coefficient (Wildman–Crippen LogP) is 1.31. The molecule has 0 aromatic heterocycles. The van der Waals surface area contributed by atoms with E-state index in [-0.39, 0.29) is 12.6 Å². The minimum atomic E-state index is -0.588. The molecule has 1 aromatic carbocycles. The lowest BCUT2D eigenvalue weighted by Gasteiger charge is -2.17. The molecule has 2 unspecified atom stereocenters. The van der Waals surface area contributed by atoms with Crippen molar-refractivity contribution in [2.75, 3.05) is 26.4 Å². The van der Waals surface area contributed by atoms with Crippen LogP contribution in [0.5, 0.6) is 5.75 Å². The van der Waals surface area contributed by atoms with E-state index < -0.39 is 6.10 Å². The summed E-state index contributed by atoms with van der Waals surface area (Å²) in [5, 5.41) is 21.7. The van der Waals surface area contributed by atoms with Crippen LogP contribution in [0.25, 0.3) is 0 Å². The molecule has 0 aliphatic carbocycles. The third-order valence-electron chi connectivity index (χ3n) is 2.70. The maximum absolute atomic E-state index is 9.80. The summed E-state index contributed by atoms with van der Waals surface area (Å²) in [7, 11) is 0. The van der Waals surface area contributed by atoms with Gasteiger partial charge in [-0.15, -0.1) is 0 Å². The van der Waals surface area contributed by atoms with E-state index in [1.165, 1.54) is 0 Å². The molecule has 2 N–H and O–H groups in total. The Hall–Kier alpha value is -1.61. The summed E-state index contributed by atoms with van der Waals surface area (Å²) in [6.45, 7) is 5.93. The van der Waals surface area contributed by atoms with Crippen molar-refractivity contribution >= 4 is 0 Å². The topological polar surface area (TPSA) is 74.5 Å². The number of benzene rings is 1. The van der Waals surface area contributed by atoms with E-state index in [1.54, 1.807) is 24.3 Å². The minimum absolute atomic E-state index is 0.194. The molecule has 0 fully saturated rings. The lowest BCUT2D eigenvalue weighted by Crippen LogP contribution is -2.38. The largest absolute Gasteiger partial charge is 0.491 e. The monoisotopic (exact) mass is 278 g/mol. The highest BCUT2D eigenvalue weighted by Crippen LogP contribution is 2.11. The zero-order valence-electron chi connectivity index (χ0n) is 12.0. The Morgan fingerprint density at radius 1 is 1.30 bits per heavy atom. The molecule has 0 aliphatic rings. The van der Waals surface area contributed by atoms with Crippen LogP contribution < -0.4 is 10.1 Å². The maximum atomic E-state index is 9.80. The molecule has 0 heterocycles. The fourth-order valence-electron chi connectivity index (χ4n) is 1.57. The van der Waals surface area contributed by atoms with Crippen LogP contribution in [0, 0.1) is 11.3 Å². The van der Waals surface area contributed by atoms with Crippen molar-refractivity contribution in [3.05, 3.63) is 29.8 Å².